The number of nitrogens with one attached hydrogen (secondary N) is 1. The average molecular weight is 476 g/mol. The van der Waals surface area contributed by atoms with Crippen molar-refractivity contribution in [2.24, 2.45) is 0 Å². The van der Waals surface area contributed by atoms with Gasteiger partial charge < -0.3 is 5.32 Å². The molecule has 0 unspecified atom stereocenters. The number of amides is 1. The van der Waals surface area contributed by atoms with Crippen molar-refractivity contribution in [3.05, 3.63) is 75.6 Å². The molecule has 1 heterocycles. The van der Waals surface area contributed by atoms with Crippen LogP contribution in [0.15, 0.2) is 58.3 Å². The smallest absolute Gasteiger partial charge is 0.324 e. The first kappa shape index (κ1) is 22.8. The van der Waals surface area contributed by atoms with E-state index in [-0.39, 0.29) is 17.3 Å². The summed E-state index contributed by atoms with van der Waals surface area (Å²) in [6.07, 6.45) is -3.11. The van der Waals surface area contributed by atoms with Gasteiger partial charge in [0.1, 0.15) is 6.54 Å². The zero-order valence-corrected chi connectivity index (χ0v) is 18.2. The third-order valence-electron chi connectivity index (χ3n) is 5.03. The lowest BCUT2D eigenvalue weighted by atomic mass is 10.2. The first-order valence-electron chi connectivity index (χ1n) is 10.1. The molecule has 1 aliphatic rings. The van der Waals surface area contributed by atoms with E-state index in [9.17, 15) is 28.1 Å². The van der Waals surface area contributed by atoms with Gasteiger partial charge in [0.25, 0.3) is 5.69 Å². The summed E-state index contributed by atoms with van der Waals surface area (Å²) in [7, 11) is 0. The number of nitro groups is 1. The predicted molar refractivity (Wildman–Crippen MR) is 116 cm³/mol. The van der Waals surface area contributed by atoms with E-state index in [4.69, 9.17) is 0 Å². The summed E-state index contributed by atoms with van der Waals surface area (Å²) < 4.78 is 40.3. The fourth-order valence-corrected chi connectivity index (χ4v) is 4.21. The van der Waals surface area contributed by atoms with Gasteiger partial charge >= 0.3 is 6.18 Å². The fourth-order valence-electron chi connectivity index (χ4n) is 3.30. The quantitative estimate of drug-likeness (QED) is 0.345. The van der Waals surface area contributed by atoms with Gasteiger partial charge in [0.15, 0.2) is 5.69 Å². The molecule has 1 amide bonds. The maximum absolute atomic E-state index is 13.1. The highest BCUT2D eigenvalue weighted by molar-refractivity contribution is 7.99. The Kier molecular flexibility index (Phi) is 6.15. The van der Waals surface area contributed by atoms with Crippen molar-refractivity contribution < 1.29 is 22.9 Å². The standard InChI is InChI=1S/C22H19F3N4O3S/c1-13-2-6-17(7-3-13)33-18-9-15(8-16(10-18)29(31)32)26-21(30)12-28-19(14-4-5-14)11-20(27-28)22(23,24)25/h2-3,6-11,14H,4-5,12H2,1H3,(H,26,30). The molecule has 1 fully saturated rings. The summed E-state index contributed by atoms with van der Waals surface area (Å²) in [5, 5.41) is 17.5. The van der Waals surface area contributed by atoms with Gasteiger partial charge in [-0.15, -0.1) is 0 Å². The van der Waals surface area contributed by atoms with Crippen molar-refractivity contribution in [2.75, 3.05) is 5.32 Å². The van der Waals surface area contributed by atoms with Crippen LogP contribution in [0.1, 0.15) is 35.7 Å². The molecule has 1 N–H and O–H groups in total. The molecular weight excluding hydrogens is 457 g/mol. The van der Waals surface area contributed by atoms with Gasteiger partial charge in [-0.2, -0.15) is 18.3 Å². The highest BCUT2D eigenvalue weighted by Crippen LogP contribution is 2.42. The maximum Gasteiger partial charge on any atom is 0.435 e. The third kappa shape index (κ3) is 5.72. The molecule has 4 rings (SSSR count). The number of nitrogens with zero attached hydrogens (tertiary/aromatic N) is 3. The van der Waals surface area contributed by atoms with E-state index in [0.29, 0.717) is 10.6 Å². The second kappa shape index (κ2) is 8.89. The summed E-state index contributed by atoms with van der Waals surface area (Å²) in [5.74, 6) is -0.669. The molecule has 33 heavy (non-hydrogen) atoms. The van der Waals surface area contributed by atoms with E-state index in [1.165, 1.54) is 23.9 Å². The van der Waals surface area contributed by atoms with E-state index in [2.05, 4.69) is 10.4 Å². The Balaban J connectivity index is 1.54. The Labute approximate surface area is 191 Å². The topological polar surface area (TPSA) is 90.1 Å². The van der Waals surface area contributed by atoms with Crippen LogP contribution in [-0.4, -0.2) is 20.6 Å². The largest absolute Gasteiger partial charge is 0.435 e. The molecule has 1 aromatic heterocycles. The number of anilines is 1. The minimum atomic E-state index is -4.60. The molecule has 11 heteroatoms. The number of carbonyl (C=O) groups is 1. The van der Waals surface area contributed by atoms with E-state index in [1.54, 1.807) is 6.07 Å². The number of carbonyl (C=O) groups excluding carboxylic acids is 1. The van der Waals surface area contributed by atoms with Crippen LogP contribution in [-0.2, 0) is 17.5 Å². The second-order valence-electron chi connectivity index (χ2n) is 7.82. The van der Waals surface area contributed by atoms with Crippen molar-refractivity contribution in [1.82, 2.24) is 9.78 Å². The van der Waals surface area contributed by atoms with Gasteiger partial charge in [0.05, 0.1) is 4.92 Å². The maximum atomic E-state index is 13.1. The number of rotatable bonds is 7. The van der Waals surface area contributed by atoms with E-state index >= 15 is 0 Å². The lowest BCUT2D eigenvalue weighted by Crippen LogP contribution is -2.21. The number of non-ortho nitro benzene ring substituents is 1. The number of benzene rings is 2. The Bertz CT molecular complexity index is 1200. The number of hydrogen-bond donors (Lipinski definition) is 1. The number of aryl methyl sites for hydroxylation is 1. The van der Waals surface area contributed by atoms with Gasteiger partial charge in [0, 0.05) is 39.2 Å². The van der Waals surface area contributed by atoms with Crippen LogP contribution in [0.5, 0.6) is 0 Å². The molecule has 0 radical (unpaired) electrons. The van der Waals surface area contributed by atoms with E-state index < -0.39 is 29.2 Å². The molecule has 3 aromatic rings. The molecular formula is C22H19F3N4O3S. The van der Waals surface area contributed by atoms with Crippen molar-refractivity contribution in [3.8, 4) is 0 Å². The molecule has 0 saturated heterocycles. The fraction of sp³-hybridized carbons (Fsp3) is 0.273. The van der Waals surface area contributed by atoms with Crippen LogP contribution < -0.4 is 5.32 Å². The Morgan fingerprint density at radius 1 is 1.18 bits per heavy atom. The molecule has 0 aliphatic heterocycles. The first-order chi connectivity index (χ1) is 15.6. The van der Waals surface area contributed by atoms with Crippen LogP contribution in [0.4, 0.5) is 24.5 Å². The van der Waals surface area contributed by atoms with Crippen molar-refractivity contribution in [3.63, 3.8) is 0 Å². The number of hydrogen-bond acceptors (Lipinski definition) is 5. The summed E-state index contributed by atoms with van der Waals surface area (Å²) in [4.78, 5) is 24.8. The lowest BCUT2D eigenvalue weighted by Gasteiger charge is -2.10. The van der Waals surface area contributed by atoms with Gasteiger partial charge in [-0.3, -0.25) is 19.6 Å². The summed E-state index contributed by atoms with van der Waals surface area (Å²) in [6, 6.07) is 12.8. The summed E-state index contributed by atoms with van der Waals surface area (Å²) >= 11 is 1.30. The van der Waals surface area contributed by atoms with Crippen LogP contribution in [0.25, 0.3) is 0 Å². The van der Waals surface area contributed by atoms with Gasteiger partial charge in [-0.1, -0.05) is 29.5 Å². The minimum absolute atomic E-state index is 0.0447. The Hall–Kier alpha value is -3.34. The minimum Gasteiger partial charge on any atom is -0.324 e. The van der Waals surface area contributed by atoms with Crippen LogP contribution in [0.3, 0.4) is 0 Å². The van der Waals surface area contributed by atoms with Crippen molar-refractivity contribution in [2.45, 2.75) is 48.2 Å². The van der Waals surface area contributed by atoms with E-state index in [1.807, 2.05) is 31.2 Å². The Morgan fingerprint density at radius 3 is 2.48 bits per heavy atom. The molecule has 172 valence electrons. The SMILES string of the molecule is Cc1ccc(Sc2cc(NC(=O)Cn3nc(C(F)(F)F)cc3C3CC3)cc([N+](=O)[O-])c2)cc1. The highest BCUT2D eigenvalue weighted by atomic mass is 32.2. The molecule has 1 aliphatic carbocycles. The highest BCUT2D eigenvalue weighted by Gasteiger charge is 2.38. The number of alkyl halides is 3. The van der Waals surface area contributed by atoms with Crippen LogP contribution in [0.2, 0.25) is 0 Å². The summed E-state index contributed by atoms with van der Waals surface area (Å²) in [5.41, 5.74) is 0.375. The predicted octanol–water partition coefficient (Wildman–Crippen LogP) is 5.79. The Morgan fingerprint density at radius 2 is 1.88 bits per heavy atom. The lowest BCUT2D eigenvalue weighted by molar-refractivity contribution is -0.385. The number of aromatic nitrogens is 2. The summed E-state index contributed by atoms with van der Waals surface area (Å²) in [6.45, 7) is 1.52. The van der Waals surface area contributed by atoms with Crippen molar-refractivity contribution in [1.29, 1.82) is 0 Å². The molecule has 0 spiro atoms. The number of nitro benzene ring substituents is 1. The van der Waals surface area contributed by atoms with Crippen molar-refractivity contribution >= 4 is 29.0 Å². The average Bonchev–Trinajstić information content (AvgIpc) is 3.48. The number of halogens is 3. The molecule has 1 saturated carbocycles. The van der Waals surface area contributed by atoms with Crippen LogP contribution in [0, 0.1) is 17.0 Å². The normalized spacial score (nSPS) is 13.7. The van der Waals surface area contributed by atoms with Gasteiger partial charge in [-0.05, 0) is 44.0 Å². The van der Waals surface area contributed by atoms with Gasteiger partial charge in [-0.25, -0.2) is 0 Å². The zero-order chi connectivity index (χ0) is 23.8. The van der Waals surface area contributed by atoms with Crippen LogP contribution >= 0.6 is 11.8 Å². The monoisotopic (exact) mass is 476 g/mol. The van der Waals surface area contributed by atoms with E-state index in [0.717, 1.165) is 34.0 Å². The molecule has 7 nitrogen and oxygen atoms in total. The molecule has 0 bridgehead atoms. The molecule has 0 atom stereocenters. The van der Waals surface area contributed by atoms with Gasteiger partial charge in [0.2, 0.25) is 5.91 Å². The second-order valence-corrected chi connectivity index (χ2v) is 8.97. The molecule has 2 aromatic carbocycles. The zero-order valence-electron chi connectivity index (χ0n) is 17.4. The third-order valence-corrected chi connectivity index (χ3v) is 6.01. The first-order valence-corrected chi connectivity index (χ1v) is 10.9.